The molecule has 2 rings (SSSR count). The molecule has 1 heterocycles. The molecule has 0 aliphatic carbocycles. The molecule has 2 aromatic rings. The lowest BCUT2D eigenvalue weighted by Gasteiger charge is -2.13. The number of H-pyrrole nitrogens is 1. The maximum absolute atomic E-state index is 11.9. The molecule has 0 unspecified atom stereocenters. The molecule has 0 saturated carbocycles. The number of nitrogens with two attached hydrogens (primary N) is 1. The smallest absolute Gasteiger partial charge is 0.253 e. The van der Waals surface area contributed by atoms with Crippen molar-refractivity contribution >= 4 is 17.3 Å². The van der Waals surface area contributed by atoms with Crippen LogP contribution in [0.25, 0.3) is 0 Å². The number of aromatic amines is 1. The van der Waals surface area contributed by atoms with Gasteiger partial charge in [-0.25, -0.2) is 0 Å². The minimum Gasteiger partial charge on any atom is -0.397 e. The molecule has 6 nitrogen and oxygen atoms in total. The zero-order valence-electron chi connectivity index (χ0n) is 11.0. The van der Waals surface area contributed by atoms with Crippen LogP contribution in [0.3, 0.4) is 0 Å². The van der Waals surface area contributed by atoms with Crippen molar-refractivity contribution < 1.29 is 4.79 Å². The van der Waals surface area contributed by atoms with Crippen LogP contribution in [0.15, 0.2) is 30.6 Å². The molecule has 1 aromatic carbocycles. The Morgan fingerprint density at radius 2 is 2.26 bits per heavy atom. The van der Waals surface area contributed by atoms with Gasteiger partial charge in [0.25, 0.3) is 5.91 Å². The molecule has 0 aliphatic heterocycles. The second-order valence-electron chi connectivity index (χ2n) is 4.46. The molecular weight excluding hydrogens is 242 g/mol. The zero-order chi connectivity index (χ0) is 13.8. The average Bonchev–Trinajstić information content (AvgIpc) is 2.90. The predicted octanol–water partition coefficient (Wildman–Crippen LogP) is 1.31. The van der Waals surface area contributed by atoms with Crippen LogP contribution in [0.5, 0.6) is 0 Å². The molecule has 0 saturated heterocycles. The Kier molecular flexibility index (Phi) is 3.70. The van der Waals surface area contributed by atoms with Gasteiger partial charge in [-0.15, -0.1) is 0 Å². The quantitative estimate of drug-likeness (QED) is 0.722. The van der Waals surface area contributed by atoms with Gasteiger partial charge in [0.1, 0.15) is 0 Å². The lowest BCUT2D eigenvalue weighted by molar-refractivity contribution is 0.0827. The highest BCUT2D eigenvalue weighted by Gasteiger charge is 2.10. The standard InChI is InChI=1S/C13H17N5O/c1-18(2)13(19)10-3-4-11(14)12(5-10)15-6-9-7-16-17-8-9/h3-5,7-8,15H,6,14H2,1-2H3,(H,16,17). The molecule has 0 fully saturated rings. The number of hydrogen-bond acceptors (Lipinski definition) is 4. The number of amides is 1. The number of carbonyl (C=O) groups excluding carboxylic acids is 1. The van der Waals surface area contributed by atoms with Crippen LogP contribution < -0.4 is 11.1 Å². The summed E-state index contributed by atoms with van der Waals surface area (Å²) >= 11 is 0. The maximum atomic E-state index is 11.9. The Labute approximate surface area is 111 Å². The van der Waals surface area contributed by atoms with Crippen LogP contribution in [0.4, 0.5) is 11.4 Å². The Balaban J connectivity index is 2.15. The average molecular weight is 259 g/mol. The van der Waals surface area contributed by atoms with E-state index in [1.165, 1.54) is 4.90 Å². The molecule has 4 N–H and O–H groups in total. The van der Waals surface area contributed by atoms with E-state index in [0.29, 0.717) is 17.8 Å². The predicted molar refractivity (Wildman–Crippen MR) is 74.8 cm³/mol. The van der Waals surface area contributed by atoms with Gasteiger partial charge in [0.05, 0.1) is 17.6 Å². The normalized spacial score (nSPS) is 10.2. The first kappa shape index (κ1) is 12.9. The number of nitrogens with one attached hydrogen (secondary N) is 2. The first-order chi connectivity index (χ1) is 9.08. The molecule has 19 heavy (non-hydrogen) atoms. The zero-order valence-corrected chi connectivity index (χ0v) is 11.0. The van der Waals surface area contributed by atoms with E-state index in [1.807, 2.05) is 0 Å². The minimum absolute atomic E-state index is 0.0497. The van der Waals surface area contributed by atoms with Gasteiger partial charge in [-0.2, -0.15) is 5.10 Å². The summed E-state index contributed by atoms with van der Waals surface area (Å²) in [5.41, 5.74) is 8.87. The van der Waals surface area contributed by atoms with Crippen molar-refractivity contribution in [3.63, 3.8) is 0 Å². The molecule has 0 radical (unpaired) electrons. The highest BCUT2D eigenvalue weighted by molar-refractivity contribution is 5.95. The Hall–Kier alpha value is -2.50. The lowest BCUT2D eigenvalue weighted by atomic mass is 10.1. The van der Waals surface area contributed by atoms with Crippen molar-refractivity contribution in [3.8, 4) is 0 Å². The summed E-state index contributed by atoms with van der Waals surface area (Å²) in [6.45, 7) is 0.598. The van der Waals surface area contributed by atoms with E-state index in [9.17, 15) is 4.79 Å². The van der Waals surface area contributed by atoms with E-state index in [2.05, 4.69) is 15.5 Å². The fourth-order valence-corrected chi connectivity index (χ4v) is 1.67. The highest BCUT2D eigenvalue weighted by Crippen LogP contribution is 2.21. The van der Waals surface area contributed by atoms with E-state index in [4.69, 9.17) is 5.73 Å². The Morgan fingerprint density at radius 1 is 1.47 bits per heavy atom. The number of nitrogens with zero attached hydrogens (tertiary/aromatic N) is 2. The van der Waals surface area contributed by atoms with Crippen molar-refractivity contribution in [2.45, 2.75) is 6.54 Å². The molecule has 0 aliphatic rings. The summed E-state index contributed by atoms with van der Waals surface area (Å²) in [6, 6.07) is 5.22. The van der Waals surface area contributed by atoms with Crippen LogP contribution in [0.1, 0.15) is 15.9 Å². The first-order valence-corrected chi connectivity index (χ1v) is 5.90. The monoisotopic (exact) mass is 259 g/mol. The van der Waals surface area contributed by atoms with Crippen LogP contribution in [0, 0.1) is 0 Å². The largest absolute Gasteiger partial charge is 0.397 e. The van der Waals surface area contributed by atoms with Gasteiger partial charge in [0.15, 0.2) is 0 Å². The van der Waals surface area contributed by atoms with Crippen molar-refractivity contribution in [1.29, 1.82) is 0 Å². The van der Waals surface area contributed by atoms with Crippen molar-refractivity contribution in [2.75, 3.05) is 25.1 Å². The van der Waals surface area contributed by atoms with Gasteiger partial charge in [0, 0.05) is 38.0 Å². The molecular formula is C13H17N5O. The second-order valence-corrected chi connectivity index (χ2v) is 4.46. The van der Waals surface area contributed by atoms with E-state index in [0.717, 1.165) is 11.3 Å². The van der Waals surface area contributed by atoms with E-state index in [1.54, 1.807) is 44.7 Å². The fraction of sp³-hybridized carbons (Fsp3) is 0.231. The molecule has 6 heteroatoms. The lowest BCUT2D eigenvalue weighted by Crippen LogP contribution is -2.21. The van der Waals surface area contributed by atoms with Gasteiger partial charge in [-0.05, 0) is 18.2 Å². The van der Waals surface area contributed by atoms with Crippen molar-refractivity contribution in [3.05, 3.63) is 41.7 Å². The summed E-state index contributed by atoms with van der Waals surface area (Å²) in [5, 5.41) is 9.81. The number of rotatable bonds is 4. The van der Waals surface area contributed by atoms with E-state index < -0.39 is 0 Å². The third-order valence-corrected chi connectivity index (χ3v) is 2.74. The number of hydrogen-bond donors (Lipinski definition) is 3. The maximum Gasteiger partial charge on any atom is 0.253 e. The van der Waals surface area contributed by atoms with Crippen LogP contribution in [-0.2, 0) is 6.54 Å². The highest BCUT2D eigenvalue weighted by atomic mass is 16.2. The molecule has 0 bridgehead atoms. The van der Waals surface area contributed by atoms with Gasteiger partial charge in [-0.3, -0.25) is 9.89 Å². The van der Waals surface area contributed by atoms with Crippen LogP contribution in [0.2, 0.25) is 0 Å². The van der Waals surface area contributed by atoms with Gasteiger partial charge >= 0.3 is 0 Å². The summed E-state index contributed by atoms with van der Waals surface area (Å²) < 4.78 is 0. The molecule has 1 aromatic heterocycles. The van der Waals surface area contributed by atoms with Crippen molar-refractivity contribution in [1.82, 2.24) is 15.1 Å². The van der Waals surface area contributed by atoms with Crippen LogP contribution >= 0.6 is 0 Å². The van der Waals surface area contributed by atoms with Gasteiger partial charge < -0.3 is 16.0 Å². The fourth-order valence-electron chi connectivity index (χ4n) is 1.67. The van der Waals surface area contributed by atoms with E-state index >= 15 is 0 Å². The number of aromatic nitrogens is 2. The summed E-state index contributed by atoms with van der Waals surface area (Å²) in [5.74, 6) is -0.0497. The van der Waals surface area contributed by atoms with E-state index in [-0.39, 0.29) is 5.91 Å². The Morgan fingerprint density at radius 3 is 2.89 bits per heavy atom. The summed E-state index contributed by atoms with van der Waals surface area (Å²) in [7, 11) is 3.44. The number of anilines is 2. The first-order valence-electron chi connectivity index (χ1n) is 5.90. The summed E-state index contributed by atoms with van der Waals surface area (Å²) in [6.07, 6.45) is 3.54. The van der Waals surface area contributed by atoms with Crippen LogP contribution in [-0.4, -0.2) is 35.1 Å². The van der Waals surface area contributed by atoms with Gasteiger partial charge in [-0.1, -0.05) is 0 Å². The minimum atomic E-state index is -0.0497. The number of benzene rings is 1. The van der Waals surface area contributed by atoms with Crippen molar-refractivity contribution in [2.24, 2.45) is 0 Å². The molecule has 1 amide bonds. The SMILES string of the molecule is CN(C)C(=O)c1ccc(N)c(NCc2cn[nH]c2)c1. The van der Waals surface area contributed by atoms with Gasteiger partial charge in [0.2, 0.25) is 0 Å². The molecule has 100 valence electrons. The third kappa shape index (κ3) is 3.04. The molecule has 0 spiro atoms. The number of carbonyl (C=O) groups is 1. The second kappa shape index (κ2) is 5.43. The topological polar surface area (TPSA) is 87.0 Å². The molecule has 0 atom stereocenters. The summed E-state index contributed by atoms with van der Waals surface area (Å²) in [4.78, 5) is 13.4. The number of nitrogen functional groups attached to an aromatic ring is 1. The Bertz CT molecular complexity index is 562. The third-order valence-electron chi connectivity index (χ3n) is 2.74.